The summed E-state index contributed by atoms with van der Waals surface area (Å²) in [5.41, 5.74) is 3.55. The molecule has 1 aliphatic heterocycles. The number of carbonyl (C=O) groups is 2. The van der Waals surface area contributed by atoms with Crippen molar-refractivity contribution in [1.82, 2.24) is 4.98 Å². The molecule has 2 aliphatic rings. The lowest BCUT2D eigenvalue weighted by Gasteiger charge is -2.37. The number of hydrogen-bond donors (Lipinski definition) is 1. The molecule has 0 bridgehead atoms. The van der Waals surface area contributed by atoms with E-state index in [4.69, 9.17) is 0 Å². The molecule has 2 heterocycles. The van der Waals surface area contributed by atoms with E-state index < -0.39 is 11.8 Å². The van der Waals surface area contributed by atoms with Crippen molar-refractivity contribution in [2.24, 2.45) is 16.8 Å². The highest BCUT2D eigenvalue weighted by molar-refractivity contribution is 6.14. The van der Waals surface area contributed by atoms with Gasteiger partial charge in [-0.15, -0.1) is 0 Å². The Balaban J connectivity index is 1.78. The van der Waals surface area contributed by atoms with Crippen molar-refractivity contribution in [2.45, 2.75) is 39.5 Å². The summed E-state index contributed by atoms with van der Waals surface area (Å²) < 4.78 is 13.6. The molecule has 0 spiro atoms. The summed E-state index contributed by atoms with van der Waals surface area (Å²) in [5, 5.41) is 2.84. The first-order valence-corrected chi connectivity index (χ1v) is 10.1. The Kier molecular flexibility index (Phi) is 5.33. The molecule has 3 atom stereocenters. The normalized spacial score (nSPS) is 23.7. The number of halogens is 1. The van der Waals surface area contributed by atoms with Crippen molar-refractivity contribution < 1.29 is 14.0 Å². The summed E-state index contributed by atoms with van der Waals surface area (Å²) in [6.45, 7) is 5.75. The zero-order valence-corrected chi connectivity index (χ0v) is 17.3. The molecule has 0 saturated heterocycles. The van der Waals surface area contributed by atoms with E-state index in [1.807, 2.05) is 19.9 Å². The quantitative estimate of drug-likeness (QED) is 0.812. The van der Waals surface area contributed by atoms with Crippen molar-refractivity contribution in [3.63, 3.8) is 0 Å². The van der Waals surface area contributed by atoms with Crippen molar-refractivity contribution >= 4 is 23.2 Å². The summed E-state index contributed by atoms with van der Waals surface area (Å²) in [6.07, 6.45) is 2.85. The third-order valence-electron chi connectivity index (χ3n) is 5.79. The van der Waals surface area contributed by atoms with Crippen molar-refractivity contribution in [3.8, 4) is 0 Å². The van der Waals surface area contributed by atoms with Crippen LogP contribution in [0.2, 0.25) is 0 Å². The van der Waals surface area contributed by atoms with Crippen LogP contribution in [-0.2, 0) is 9.59 Å². The predicted molar refractivity (Wildman–Crippen MR) is 114 cm³/mol. The minimum absolute atomic E-state index is 0.0769. The molecule has 0 radical (unpaired) electrons. The van der Waals surface area contributed by atoms with Gasteiger partial charge in [0, 0.05) is 35.5 Å². The van der Waals surface area contributed by atoms with E-state index >= 15 is 0 Å². The third-order valence-corrected chi connectivity index (χ3v) is 5.79. The molecule has 154 valence electrons. The zero-order valence-electron chi connectivity index (χ0n) is 17.3. The highest BCUT2D eigenvalue weighted by Gasteiger charge is 2.44. The highest BCUT2D eigenvalue weighted by atomic mass is 19.1. The van der Waals surface area contributed by atoms with Gasteiger partial charge in [0.1, 0.15) is 17.4 Å². The number of hydrogen-bond acceptors (Lipinski definition) is 4. The van der Waals surface area contributed by atoms with Gasteiger partial charge >= 0.3 is 0 Å². The molecular weight excluding hydrogens is 381 g/mol. The molecule has 2 aromatic rings. The monoisotopic (exact) mass is 405 g/mol. The van der Waals surface area contributed by atoms with Crippen LogP contribution >= 0.6 is 0 Å². The average Bonchev–Trinajstić information content (AvgIpc) is 2.69. The molecule has 1 aliphatic carbocycles. The molecule has 1 saturated carbocycles. The third kappa shape index (κ3) is 3.82. The fourth-order valence-electron chi connectivity index (χ4n) is 4.43. The molecule has 1 fully saturated rings. The number of pyridine rings is 1. The van der Waals surface area contributed by atoms with Crippen LogP contribution in [0.4, 0.5) is 10.2 Å². The van der Waals surface area contributed by atoms with Gasteiger partial charge in [0.05, 0.1) is 5.92 Å². The van der Waals surface area contributed by atoms with Gasteiger partial charge in [-0.3, -0.25) is 14.6 Å². The fraction of sp³-hybridized carbons (Fsp3) is 0.333. The second-order valence-electron chi connectivity index (χ2n) is 8.26. The maximum atomic E-state index is 13.6. The summed E-state index contributed by atoms with van der Waals surface area (Å²) in [4.78, 5) is 35.3. The number of aromatic nitrogens is 1. The first-order valence-electron chi connectivity index (χ1n) is 10.1. The van der Waals surface area contributed by atoms with Crippen molar-refractivity contribution in [3.05, 3.63) is 70.8 Å². The molecule has 1 aromatic carbocycles. The number of rotatable bonds is 3. The van der Waals surface area contributed by atoms with Gasteiger partial charge < -0.3 is 5.32 Å². The van der Waals surface area contributed by atoms with Gasteiger partial charge in [0.2, 0.25) is 0 Å². The van der Waals surface area contributed by atoms with E-state index in [9.17, 15) is 14.0 Å². The number of allylic oxidation sites excluding steroid dienone is 1. The smallest absolute Gasteiger partial charge is 0.255 e. The number of aliphatic imine (C=N–C) groups is 1. The van der Waals surface area contributed by atoms with E-state index in [0.29, 0.717) is 23.5 Å². The largest absolute Gasteiger partial charge is 0.307 e. The van der Waals surface area contributed by atoms with Crippen LogP contribution in [-0.4, -0.2) is 22.4 Å². The van der Waals surface area contributed by atoms with Crippen molar-refractivity contribution in [2.75, 3.05) is 5.32 Å². The number of ketones is 1. The molecule has 1 amide bonds. The van der Waals surface area contributed by atoms with E-state index in [1.54, 1.807) is 31.3 Å². The van der Waals surface area contributed by atoms with Crippen LogP contribution in [0.3, 0.4) is 0 Å². The minimum Gasteiger partial charge on any atom is -0.307 e. The van der Waals surface area contributed by atoms with Gasteiger partial charge in [0.15, 0.2) is 0 Å². The molecular formula is C24H24FN3O2. The van der Waals surface area contributed by atoms with Gasteiger partial charge in [-0.05, 0) is 55.5 Å². The van der Waals surface area contributed by atoms with Gasteiger partial charge in [-0.1, -0.05) is 25.1 Å². The number of benzene rings is 1. The number of fused-ring (bicyclic) bond motifs is 1. The predicted octanol–water partition coefficient (Wildman–Crippen LogP) is 4.60. The zero-order chi connectivity index (χ0) is 21.4. The number of carbonyl (C=O) groups excluding carboxylic acids is 2. The number of aryl methyl sites for hydroxylation is 1. The van der Waals surface area contributed by atoms with Crippen LogP contribution in [0.15, 0.2) is 58.9 Å². The Morgan fingerprint density at radius 3 is 2.47 bits per heavy atom. The van der Waals surface area contributed by atoms with Crippen molar-refractivity contribution in [1.29, 1.82) is 0 Å². The lowest BCUT2D eigenvalue weighted by molar-refractivity contribution is -0.123. The maximum Gasteiger partial charge on any atom is 0.255 e. The molecule has 4 rings (SSSR count). The lowest BCUT2D eigenvalue weighted by atomic mass is 9.67. The number of anilines is 1. The summed E-state index contributed by atoms with van der Waals surface area (Å²) in [5.74, 6) is -0.961. The van der Waals surface area contributed by atoms with Gasteiger partial charge in [-0.25, -0.2) is 9.37 Å². The molecule has 6 heteroatoms. The topological polar surface area (TPSA) is 71.4 Å². The number of Topliss-reactive ketones (excluding diaryl/α,β-unsaturated/α-hetero) is 1. The Bertz CT molecular complexity index is 1050. The van der Waals surface area contributed by atoms with Crippen LogP contribution in [0.1, 0.15) is 43.7 Å². The van der Waals surface area contributed by atoms with E-state index in [2.05, 4.69) is 15.3 Å². The summed E-state index contributed by atoms with van der Waals surface area (Å²) >= 11 is 0. The number of amides is 1. The fourth-order valence-corrected chi connectivity index (χ4v) is 4.43. The average molecular weight is 405 g/mol. The molecule has 1 aromatic heterocycles. The second-order valence-corrected chi connectivity index (χ2v) is 8.26. The second kappa shape index (κ2) is 7.94. The maximum absolute atomic E-state index is 13.6. The van der Waals surface area contributed by atoms with Gasteiger partial charge in [0.25, 0.3) is 5.91 Å². The first kappa shape index (κ1) is 20.1. The number of nitrogens with one attached hydrogen (secondary N) is 1. The minimum atomic E-state index is -0.498. The van der Waals surface area contributed by atoms with Crippen LogP contribution in [0.25, 0.3) is 0 Å². The molecule has 30 heavy (non-hydrogen) atoms. The van der Waals surface area contributed by atoms with Crippen LogP contribution in [0, 0.1) is 24.6 Å². The Morgan fingerprint density at radius 1 is 1.07 bits per heavy atom. The van der Waals surface area contributed by atoms with E-state index in [1.165, 1.54) is 12.1 Å². The molecule has 1 N–H and O–H groups in total. The molecule has 5 nitrogen and oxygen atoms in total. The molecule has 0 unspecified atom stereocenters. The van der Waals surface area contributed by atoms with Crippen LogP contribution < -0.4 is 5.32 Å². The van der Waals surface area contributed by atoms with Crippen LogP contribution in [0.5, 0.6) is 0 Å². The summed E-state index contributed by atoms with van der Waals surface area (Å²) in [7, 11) is 0. The van der Waals surface area contributed by atoms with E-state index in [0.717, 1.165) is 23.3 Å². The SMILES string of the molecule is CC1=C(C(=O)Nc2ccc(C)cn2)[C@H](c2ccc(F)cc2)[C@H]2C(=O)C[C@H](C)CC2=N1. The Labute approximate surface area is 175 Å². The Morgan fingerprint density at radius 2 is 1.80 bits per heavy atom. The summed E-state index contributed by atoms with van der Waals surface area (Å²) in [6, 6.07) is 9.63. The lowest BCUT2D eigenvalue weighted by Crippen LogP contribution is -2.41. The highest BCUT2D eigenvalue weighted by Crippen LogP contribution is 2.44. The number of nitrogens with zero attached hydrogens (tertiary/aromatic N) is 2. The van der Waals surface area contributed by atoms with Gasteiger partial charge in [-0.2, -0.15) is 0 Å². The Hall–Kier alpha value is -3.15. The standard InChI is InChI=1S/C24H24FN3O2/c1-13-4-9-20(26-12-13)28-24(30)21-15(3)27-18-10-14(2)11-19(29)23(18)22(21)16-5-7-17(25)8-6-16/h4-9,12,14,22-23H,10-11H2,1-3H3,(H,26,28,30)/t14-,22+,23-/m1/s1. The van der Waals surface area contributed by atoms with E-state index in [-0.39, 0.29) is 23.4 Å². The first-order chi connectivity index (χ1) is 14.3.